The van der Waals surface area contributed by atoms with Crippen LogP contribution in [0.5, 0.6) is 0 Å². The third kappa shape index (κ3) is 3.13. The van der Waals surface area contributed by atoms with E-state index in [0.717, 1.165) is 29.3 Å². The molecule has 0 spiro atoms. The standard InChI is InChI=1S/C12H16Cl2OS/c1-8-7-11(16-12(8)14)10(13)5-4-9-3-2-6-15-9/h7,9-10H,2-6H2,1H3. The molecule has 0 N–H and O–H groups in total. The van der Waals surface area contributed by atoms with Crippen molar-refractivity contribution in [1.29, 1.82) is 0 Å². The van der Waals surface area contributed by atoms with Gasteiger partial charge in [-0.15, -0.1) is 22.9 Å². The molecule has 0 saturated carbocycles. The molecule has 1 aromatic heterocycles. The van der Waals surface area contributed by atoms with E-state index in [1.165, 1.54) is 17.7 Å². The average Bonchev–Trinajstić information content (AvgIpc) is 2.86. The van der Waals surface area contributed by atoms with Crippen LogP contribution < -0.4 is 0 Å². The van der Waals surface area contributed by atoms with E-state index >= 15 is 0 Å². The number of halogens is 2. The Balaban J connectivity index is 1.84. The fourth-order valence-corrected chi connectivity index (χ4v) is 3.54. The van der Waals surface area contributed by atoms with Gasteiger partial charge in [-0.25, -0.2) is 0 Å². The Kier molecular flexibility index (Phi) is 4.54. The molecule has 16 heavy (non-hydrogen) atoms. The molecule has 1 aromatic rings. The van der Waals surface area contributed by atoms with Gasteiger partial charge in [-0.05, 0) is 44.2 Å². The Morgan fingerprint density at radius 3 is 3.00 bits per heavy atom. The Hall–Kier alpha value is 0.240. The summed E-state index contributed by atoms with van der Waals surface area (Å²) in [5.74, 6) is 0. The highest BCUT2D eigenvalue weighted by Gasteiger charge is 2.19. The van der Waals surface area contributed by atoms with E-state index in [1.54, 1.807) is 11.3 Å². The summed E-state index contributed by atoms with van der Waals surface area (Å²) in [4.78, 5) is 1.18. The van der Waals surface area contributed by atoms with Crippen molar-refractivity contribution in [2.45, 2.75) is 44.1 Å². The fraction of sp³-hybridized carbons (Fsp3) is 0.667. The minimum Gasteiger partial charge on any atom is -0.378 e. The Labute approximate surface area is 111 Å². The van der Waals surface area contributed by atoms with Gasteiger partial charge >= 0.3 is 0 Å². The van der Waals surface area contributed by atoms with Crippen LogP contribution in [0.4, 0.5) is 0 Å². The lowest BCUT2D eigenvalue weighted by Gasteiger charge is -2.11. The van der Waals surface area contributed by atoms with Gasteiger partial charge in [0.1, 0.15) is 0 Å². The molecule has 0 radical (unpaired) electrons. The van der Waals surface area contributed by atoms with Gasteiger partial charge in [0.15, 0.2) is 0 Å². The van der Waals surface area contributed by atoms with Crippen LogP contribution >= 0.6 is 34.5 Å². The quantitative estimate of drug-likeness (QED) is 0.709. The first-order chi connectivity index (χ1) is 7.66. The second-order valence-electron chi connectivity index (χ2n) is 4.29. The summed E-state index contributed by atoms with van der Waals surface area (Å²) in [5.41, 5.74) is 1.13. The van der Waals surface area contributed by atoms with Crippen molar-refractivity contribution in [2.75, 3.05) is 6.61 Å². The Morgan fingerprint density at radius 1 is 1.62 bits per heavy atom. The van der Waals surface area contributed by atoms with Crippen LogP contribution in [0.15, 0.2) is 6.07 Å². The zero-order valence-electron chi connectivity index (χ0n) is 9.34. The van der Waals surface area contributed by atoms with Crippen LogP contribution in [-0.4, -0.2) is 12.7 Å². The second-order valence-corrected chi connectivity index (χ2v) is 6.50. The third-order valence-electron chi connectivity index (χ3n) is 2.95. The molecule has 90 valence electrons. The van der Waals surface area contributed by atoms with Gasteiger partial charge < -0.3 is 4.74 Å². The second kappa shape index (κ2) is 5.72. The summed E-state index contributed by atoms with van der Waals surface area (Å²) in [5, 5.41) is 0.0837. The first-order valence-electron chi connectivity index (χ1n) is 5.68. The Bertz CT molecular complexity index is 325. The largest absolute Gasteiger partial charge is 0.378 e. The van der Waals surface area contributed by atoms with E-state index in [4.69, 9.17) is 27.9 Å². The molecule has 1 fully saturated rings. The van der Waals surface area contributed by atoms with E-state index < -0.39 is 0 Å². The molecule has 1 aliphatic rings. The molecular weight excluding hydrogens is 263 g/mol. The van der Waals surface area contributed by atoms with Crippen molar-refractivity contribution in [1.82, 2.24) is 0 Å². The van der Waals surface area contributed by atoms with Gasteiger partial charge in [-0.1, -0.05) is 11.6 Å². The maximum atomic E-state index is 6.37. The molecule has 4 heteroatoms. The van der Waals surface area contributed by atoms with Crippen molar-refractivity contribution in [2.24, 2.45) is 0 Å². The van der Waals surface area contributed by atoms with Crippen LogP contribution in [0.25, 0.3) is 0 Å². The van der Waals surface area contributed by atoms with Gasteiger partial charge in [0.25, 0.3) is 0 Å². The molecule has 0 bridgehead atoms. The van der Waals surface area contributed by atoms with Crippen molar-refractivity contribution >= 4 is 34.5 Å². The number of hydrogen-bond acceptors (Lipinski definition) is 2. The summed E-state index contributed by atoms with van der Waals surface area (Å²) in [6.07, 6.45) is 4.85. The van der Waals surface area contributed by atoms with Crippen LogP contribution in [0.3, 0.4) is 0 Å². The topological polar surface area (TPSA) is 9.23 Å². The lowest BCUT2D eigenvalue weighted by atomic mass is 10.1. The minimum absolute atomic E-state index is 0.0837. The monoisotopic (exact) mass is 278 g/mol. The molecule has 1 saturated heterocycles. The van der Waals surface area contributed by atoms with Crippen LogP contribution in [0.1, 0.15) is 41.5 Å². The lowest BCUT2D eigenvalue weighted by Crippen LogP contribution is -2.05. The van der Waals surface area contributed by atoms with Gasteiger partial charge in [0, 0.05) is 11.5 Å². The molecule has 0 amide bonds. The SMILES string of the molecule is Cc1cc(C(Cl)CCC2CCCO2)sc1Cl. The number of ether oxygens (including phenoxy) is 1. The maximum absolute atomic E-state index is 6.37. The smallest absolute Gasteiger partial charge is 0.0960 e. The van der Waals surface area contributed by atoms with E-state index in [0.29, 0.717) is 6.10 Å². The molecule has 1 nitrogen and oxygen atoms in total. The van der Waals surface area contributed by atoms with Crippen molar-refractivity contribution in [3.63, 3.8) is 0 Å². The number of hydrogen-bond donors (Lipinski definition) is 0. The number of thiophene rings is 1. The predicted octanol–water partition coefficient (Wildman–Crippen LogP) is 4.95. The maximum Gasteiger partial charge on any atom is 0.0960 e. The van der Waals surface area contributed by atoms with Gasteiger partial charge in [-0.2, -0.15) is 0 Å². The van der Waals surface area contributed by atoms with Crippen molar-refractivity contribution < 1.29 is 4.74 Å². The fourth-order valence-electron chi connectivity index (χ4n) is 1.98. The summed E-state index contributed by atoms with van der Waals surface area (Å²) in [6.45, 7) is 2.94. The number of alkyl halides is 1. The average molecular weight is 279 g/mol. The highest BCUT2D eigenvalue weighted by molar-refractivity contribution is 7.16. The molecular formula is C12H16Cl2OS. The molecule has 0 aromatic carbocycles. The van der Waals surface area contributed by atoms with Crippen molar-refractivity contribution in [3.05, 3.63) is 20.8 Å². The summed E-state index contributed by atoms with van der Waals surface area (Å²) >= 11 is 14.0. The number of rotatable bonds is 4. The Morgan fingerprint density at radius 2 is 2.44 bits per heavy atom. The third-order valence-corrected chi connectivity index (χ3v) is 5.20. The molecule has 2 heterocycles. The van der Waals surface area contributed by atoms with E-state index in [1.807, 2.05) is 6.92 Å². The van der Waals surface area contributed by atoms with E-state index in [9.17, 15) is 0 Å². The van der Waals surface area contributed by atoms with E-state index in [2.05, 4.69) is 6.07 Å². The summed E-state index contributed by atoms with van der Waals surface area (Å²) in [6, 6.07) is 2.10. The van der Waals surface area contributed by atoms with Crippen LogP contribution in [0.2, 0.25) is 4.34 Å². The minimum atomic E-state index is 0.0837. The summed E-state index contributed by atoms with van der Waals surface area (Å²) < 4.78 is 6.45. The molecule has 2 rings (SSSR count). The van der Waals surface area contributed by atoms with Gasteiger partial charge in [-0.3, -0.25) is 0 Å². The summed E-state index contributed by atoms with van der Waals surface area (Å²) in [7, 11) is 0. The molecule has 0 aliphatic carbocycles. The first-order valence-corrected chi connectivity index (χ1v) is 7.31. The zero-order chi connectivity index (χ0) is 11.5. The molecule has 2 atom stereocenters. The normalized spacial score (nSPS) is 22.6. The van der Waals surface area contributed by atoms with Crippen molar-refractivity contribution in [3.8, 4) is 0 Å². The van der Waals surface area contributed by atoms with Gasteiger partial charge in [0.2, 0.25) is 0 Å². The van der Waals surface area contributed by atoms with Crippen LogP contribution in [-0.2, 0) is 4.74 Å². The molecule has 2 unspecified atom stereocenters. The first kappa shape index (κ1) is 12.7. The van der Waals surface area contributed by atoms with E-state index in [-0.39, 0.29) is 5.38 Å². The lowest BCUT2D eigenvalue weighted by molar-refractivity contribution is 0.102. The van der Waals surface area contributed by atoms with Gasteiger partial charge in [0.05, 0.1) is 15.8 Å². The number of aryl methyl sites for hydroxylation is 1. The zero-order valence-corrected chi connectivity index (χ0v) is 11.7. The predicted molar refractivity (Wildman–Crippen MR) is 70.9 cm³/mol. The highest BCUT2D eigenvalue weighted by Crippen LogP contribution is 2.37. The highest BCUT2D eigenvalue weighted by atomic mass is 35.5. The molecule has 1 aliphatic heterocycles. The van der Waals surface area contributed by atoms with Crippen LogP contribution in [0, 0.1) is 6.92 Å².